The highest BCUT2D eigenvalue weighted by Gasteiger charge is 2.45. The van der Waals surface area contributed by atoms with Crippen LogP contribution in [0.2, 0.25) is 0 Å². The molecule has 0 radical (unpaired) electrons. The Morgan fingerprint density at radius 3 is 2.43 bits per heavy atom. The molecule has 2 fully saturated rings. The van der Waals surface area contributed by atoms with Crippen LogP contribution < -0.4 is 9.47 Å². The molecule has 1 heterocycles. The Morgan fingerprint density at radius 2 is 1.78 bits per heavy atom. The lowest BCUT2D eigenvalue weighted by atomic mass is 10.2. The molecule has 1 unspecified atom stereocenters. The molecule has 0 bridgehead atoms. The predicted molar refractivity (Wildman–Crippen MR) is 86.3 cm³/mol. The first-order valence-electron chi connectivity index (χ1n) is 8.50. The first-order valence-corrected chi connectivity index (χ1v) is 9.94. The average molecular weight is 337 g/mol. The lowest BCUT2D eigenvalue weighted by molar-refractivity contribution is 0.296. The number of rotatable bonds is 5. The second-order valence-electron chi connectivity index (χ2n) is 6.80. The molecule has 0 N–H and O–H groups in total. The van der Waals surface area contributed by atoms with Crippen molar-refractivity contribution in [3.63, 3.8) is 0 Å². The zero-order chi connectivity index (χ0) is 16.0. The van der Waals surface area contributed by atoms with Gasteiger partial charge in [-0.05, 0) is 50.7 Å². The van der Waals surface area contributed by atoms with E-state index in [2.05, 4.69) is 6.92 Å². The largest absolute Gasteiger partial charge is 0.490 e. The fourth-order valence-corrected chi connectivity index (χ4v) is 5.24. The van der Waals surface area contributed by atoms with Crippen molar-refractivity contribution >= 4 is 10.0 Å². The van der Waals surface area contributed by atoms with Crippen LogP contribution in [0.25, 0.3) is 0 Å². The van der Waals surface area contributed by atoms with E-state index in [1.54, 1.807) is 22.5 Å². The monoisotopic (exact) mass is 337 g/mol. The van der Waals surface area contributed by atoms with Gasteiger partial charge in [0.05, 0.1) is 18.1 Å². The summed E-state index contributed by atoms with van der Waals surface area (Å²) in [5.41, 5.74) is 0. The molecule has 2 aliphatic carbocycles. The minimum absolute atomic E-state index is 0.0866. The summed E-state index contributed by atoms with van der Waals surface area (Å²) in [6, 6.07) is 5.26. The van der Waals surface area contributed by atoms with Crippen molar-refractivity contribution in [2.24, 2.45) is 5.92 Å². The van der Waals surface area contributed by atoms with E-state index >= 15 is 0 Å². The summed E-state index contributed by atoms with van der Waals surface area (Å²) < 4.78 is 39.4. The Labute approximate surface area is 137 Å². The first-order chi connectivity index (χ1) is 11.1. The van der Waals surface area contributed by atoms with Gasteiger partial charge in [-0.3, -0.25) is 0 Å². The maximum absolute atomic E-state index is 13.2. The van der Waals surface area contributed by atoms with Crippen LogP contribution in [0, 0.1) is 5.92 Å². The summed E-state index contributed by atoms with van der Waals surface area (Å²) in [5.74, 6) is 1.69. The summed E-state index contributed by atoms with van der Waals surface area (Å²) in [6.07, 6.45) is 5.04. The fourth-order valence-electron chi connectivity index (χ4n) is 3.29. The van der Waals surface area contributed by atoms with Gasteiger partial charge in [0.15, 0.2) is 11.5 Å². The number of benzene rings is 1. The smallest absolute Gasteiger partial charge is 0.243 e. The van der Waals surface area contributed by atoms with Crippen LogP contribution in [-0.4, -0.2) is 38.0 Å². The van der Waals surface area contributed by atoms with E-state index in [0.29, 0.717) is 35.5 Å². The van der Waals surface area contributed by atoms with Gasteiger partial charge in [-0.2, -0.15) is 4.31 Å². The third-order valence-electron chi connectivity index (χ3n) is 4.91. The molecule has 23 heavy (non-hydrogen) atoms. The summed E-state index contributed by atoms with van der Waals surface area (Å²) in [6.45, 7) is 3.21. The van der Waals surface area contributed by atoms with E-state index in [9.17, 15) is 8.42 Å². The van der Waals surface area contributed by atoms with Crippen LogP contribution >= 0.6 is 0 Å². The molecule has 2 saturated carbocycles. The van der Waals surface area contributed by atoms with Gasteiger partial charge in [-0.25, -0.2) is 8.42 Å². The van der Waals surface area contributed by atoms with Gasteiger partial charge in [0, 0.05) is 24.6 Å². The molecule has 0 saturated heterocycles. The number of hydrogen-bond acceptors (Lipinski definition) is 4. The average Bonchev–Trinajstić information content (AvgIpc) is 3.40. The Morgan fingerprint density at radius 1 is 1.09 bits per heavy atom. The van der Waals surface area contributed by atoms with E-state index in [1.807, 2.05) is 0 Å². The molecule has 3 aliphatic rings. The second kappa shape index (κ2) is 5.67. The summed E-state index contributed by atoms with van der Waals surface area (Å²) in [4.78, 5) is 0.321. The molecule has 5 nitrogen and oxygen atoms in total. The van der Waals surface area contributed by atoms with E-state index in [4.69, 9.17) is 9.47 Å². The third-order valence-corrected chi connectivity index (χ3v) is 6.94. The van der Waals surface area contributed by atoms with E-state index in [1.165, 1.54) is 0 Å². The Bertz CT molecular complexity index is 695. The van der Waals surface area contributed by atoms with E-state index in [0.717, 1.165) is 32.1 Å². The maximum atomic E-state index is 13.2. The van der Waals surface area contributed by atoms with Gasteiger partial charge in [-0.1, -0.05) is 0 Å². The molecular weight excluding hydrogens is 314 g/mol. The summed E-state index contributed by atoms with van der Waals surface area (Å²) in [5, 5.41) is 0. The van der Waals surface area contributed by atoms with Gasteiger partial charge in [0.2, 0.25) is 10.0 Å². The third kappa shape index (κ3) is 2.94. The lowest BCUT2D eigenvalue weighted by Gasteiger charge is -2.28. The zero-order valence-corrected chi connectivity index (χ0v) is 14.2. The lowest BCUT2D eigenvalue weighted by Crippen LogP contribution is -2.41. The molecule has 126 valence electrons. The predicted octanol–water partition coefficient (Wildman–Crippen LogP) is 2.80. The minimum Gasteiger partial charge on any atom is -0.490 e. The van der Waals surface area contributed by atoms with Crippen LogP contribution in [0.15, 0.2) is 23.1 Å². The first kappa shape index (κ1) is 15.3. The molecule has 1 aromatic carbocycles. The molecule has 0 spiro atoms. The normalized spacial score (nSPS) is 22.7. The van der Waals surface area contributed by atoms with Crippen molar-refractivity contribution in [2.75, 3.05) is 13.2 Å². The number of ether oxygens (including phenoxy) is 2. The Kier molecular flexibility index (Phi) is 3.76. The van der Waals surface area contributed by atoms with E-state index in [-0.39, 0.29) is 12.1 Å². The zero-order valence-electron chi connectivity index (χ0n) is 13.4. The summed E-state index contributed by atoms with van der Waals surface area (Å²) in [7, 11) is -3.49. The van der Waals surface area contributed by atoms with Crippen molar-refractivity contribution in [1.29, 1.82) is 0 Å². The van der Waals surface area contributed by atoms with Crippen molar-refractivity contribution in [3.05, 3.63) is 18.2 Å². The van der Waals surface area contributed by atoms with Crippen molar-refractivity contribution in [1.82, 2.24) is 4.31 Å². The van der Waals surface area contributed by atoms with Gasteiger partial charge in [0.25, 0.3) is 0 Å². The molecule has 1 aliphatic heterocycles. The SMILES string of the molecule is CC(C1CC1)N(C1CC1)S(=O)(=O)c1ccc2c(c1)OCCCO2. The number of sulfonamides is 1. The Hall–Kier alpha value is -1.27. The van der Waals surface area contributed by atoms with Crippen molar-refractivity contribution in [3.8, 4) is 11.5 Å². The van der Waals surface area contributed by atoms with Gasteiger partial charge in [0.1, 0.15) is 0 Å². The molecule has 1 aromatic rings. The highest BCUT2D eigenvalue weighted by Crippen LogP contribution is 2.43. The van der Waals surface area contributed by atoms with Crippen LogP contribution in [0.4, 0.5) is 0 Å². The molecule has 0 aromatic heterocycles. The topological polar surface area (TPSA) is 55.8 Å². The maximum Gasteiger partial charge on any atom is 0.243 e. The molecule has 1 atom stereocenters. The van der Waals surface area contributed by atoms with Crippen LogP contribution in [0.5, 0.6) is 11.5 Å². The van der Waals surface area contributed by atoms with E-state index < -0.39 is 10.0 Å². The highest BCUT2D eigenvalue weighted by molar-refractivity contribution is 7.89. The van der Waals surface area contributed by atoms with Crippen molar-refractivity contribution < 1.29 is 17.9 Å². The number of hydrogen-bond donors (Lipinski definition) is 0. The van der Waals surface area contributed by atoms with Gasteiger partial charge >= 0.3 is 0 Å². The minimum atomic E-state index is -3.49. The molecule has 6 heteroatoms. The quantitative estimate of drug-likeness (QED) is 0.829. The van der Waals surface area contributed by atoms with Crippen LogP contribution in [-0.2, 0) is 10.0 Å². The van der Waals surface area contributed by atoms with Crippen molar-refractivity contribution in [2.45, 2.75) is 56.0 Å². The number of fused-ring (bicyclic) bond motifs is 1. The van der Waals surface area contributed by atoms with Crippen LogP contribution in [0.1, 0.15) is 39.0 Å². The van der Waals surface area contributed by atoms with Crippen LogP contribution in [0.3, 0.4) is 0 Å². The molecule has 0 amide bonds. The molecule has 4 rings (SSSR count). The van der Waals surface area contributed by atoms with Gasteiger partial charge < -0.3 is 9.47 Å². The standard InChI is InChI=1S/C17H23NO4S/c1-12(13-3-4-13)18(14-5-6-14)23(19,20)15-7-8-16-17(11-15)22-10-2-9-21-16/h7-8,11-14H,2-6,9-10H2,1H3. The molecular formula is C17H23NO4S. The number of nitrogens with zero attached hydrogens (tertiary/aromatic N) is 1. The fraction of sp³-hybridized carbons (Fsp3) is 0.647. The van der Waals surface area contributed by atoms with Gasteiger partial charge in [-0.15, -0.1) is 0 Å². The summed E-state index contributed by atoms with van der Waals surface area (Å²) >= 11 is 0. The Balaban J connectivity index is 1.68. The second-order valence-corrected chi connectivity index (χ2v) is 8.65. The highest BCUT2D eigenvalue weighted by atomic mass is 32.2.